The van der Waals surface area contributed by atoms with Crippen molar-refractivity contribution in [1.82, 2.24) is 10.2 Å². The molecule has 0 aliphatic heterocycles. The Labute approximate surface area is 133 Å². The average Bonchev–Trinajstić information content (AvgIpc) is 2.54. The molecule has 0 radical (unpaired) electrons. The van der Waals surface area contributed by atoms with Crippen molar-refractivity contribution in [3.63, 3.8) is 0 Å². The maximum absolute atomic E-state index is 12.0. The second-order valence-electron chi connectivity index (χ2n) is 5.43. The van der Waals surface area contributed by atoms with E-state index in [0.29, 0.717) is 13.0 Å². The van der Waals surface area contributed by atoms with E-state index in [4.69, 9.17) is 0 Å². The number of carbonyl (C=O) groups excluding carboxylic acids is 2. The molecule has 0 heterocycles. The Morgan fingerprint density at radius 2 is 1.82 bits per heavy atom. The number of aryl methyl sites for hydroxylation is 1. The first-order chi connectivity index (χ1) is 10.6. The summed E-state index contributed by atoms with van der Waals surface area (Å²) in [6, 6.07) is 7.74. The van der Waals surface area contributed by atoms with Crippen LogP contribution in [-0.4, -0.2) is 37.5 Å². The molecule has 22 heavy (non-hydrogen) atoms. The number of benzene rings is 1. The molecule has 0 aliphatic carbocycles. The Kier molecular flexibility index (Phi) is 8.04. The van der Waals surface area contributed by atoms with Crippen LogP contribution in [0.25, 0.3) is 0 Å². The van der Waals surface area contributed by atoms with Crippen LogP contribution in [0.5, 0.6) is 0 Å². The van der Waals surface area contributed by atoms with Gasteiger partial charge in [0.2, 0.25) is 5.91 Å². The van der Waals surface area contributed by atoms with Gasteiger partial charge in [0.15, 0.2) is 0 Å². The lowest BCUT2D eigenvalue weighted by molar-refractivity contribution is -0.120. The summed E-state index contributed by atoms with van der Waals surface area (Å²) in [5.74, 6) is -0.0731. The van der Waals surface area contributed by atoms with E-state index >= 15 is 0 Å². The molecule has 122 valence electrons. The first kappa shape index (κ1) is 18.0. The molecule has 0 fully saturated rings. The molecule has 0 aromatic heterocycles. The van der Waals surface area contributed by atoms with Gasteiger partial charge in [-0.15, -0.1) is 0 Å². The van der Waals surface area contributed by atoms with Gasteiger partial charge < -0.3 is 15.5 Å². The molecule has 0 spiro atoms. The Hall–Kier alpha value is -2.04. The number of anilines is 1. The molecule has 5 heteroatoms. The highest BCUT2D eigenvalue weighted by Crippen LogP contribution is 2.12. The molecule has 2 N–H and O–H groups in total. The van der Waals surface area contributed by atoms with Crippen molar-refractivity contribution in [2.45, 2.75) is 39.0 Å². The summed E-state index contributed by atoms with van der Waals surface area (Å²) >= 11 is 0. The Morgan fingerprint density at radius 3 is 2.41 bits per heavy atom. The van der Waals surface area contributed by atoms with Gasteiger partial charge in [0.25, 0.3) is 0 Å². The summed E-state index contributed by atoms with van der Waals surface area (Å²) in [7, 11) is 3.27. The van der Waals surface area contributed by atoms with Gasteiger partial charge in [-0.25, -0.2) is 4.79 Å². The van der Waals surface area contributed by atoms with Crippen LogP contribution in [0.1, 0.15) is 38.2 Å². The lowest BCUT2D eigenvalue weighted by Crippen LogP contribution is -2.34. The van der Waals surface area contributed by atoms with Gasteiger partial charge in [-0.1, -0.05) is 31.9 Å². The molecular weight excluding hydrogens is 278 g/mol. The number of carbonyl (C=O) groups is 2. The zero-order valence-electron chi connectivity index (χ0n) is 13.8. The smallest absolute Gasteiger partial charge is 0.321 e. The van der Waals surface area contributed by atoms with Gasteiger partial charge >= 0.3 is 6.03 Å². The molecule has 0 saturated heterocycles. The lowest BCUT2D eigenvalue weighted by Gasteiger charge is -2.17. The van der Waals surface area contributed by atoms with Crippen molar-refractivity contribution in [3.8, 4) is 0 Å². The molecule has 1 rings (SSSR count). The molecular formula is C17H27N3O2. The second-order valence-corrected chi connectivity index (χ2v) is 5.43. The molecule has 0 aliphatic rings. The summed E-state index contributed by atoms with van der Waals surface area (Å²) < 4.78 is 0. The monoisotopic (exact) mass is 305 g/mol. The van der Waals surface area contributed by atoms with Crippen LogP contribution in [0.2, 0.25) is 0 Å². The molecule has 1 aromatic carbocycles. The summed E-state index contributed by atoms with van der Waals surface area (Å²) in [6.45, 7) is 2.58. The van der Waals surface area contributed by atoms with Crippen molar-refractivity contribution in [2.24, 2.45) is 0 Å². The summed E-state index contributed by atoms with van der Waals surface area (Å²) in [4.78, 5) is 24.7. The second kappa shape index (κ2) is 9.82. The standard InChI is InChI=1S/C17H27N3O2/c1-4-5-6-7-14-8-10-15(11-9-14)19-17(22)20(3)13-12-16(21)18-2/h8-11H,4-7,12-13H2,1-3H3,(H,18,21)(H,19,22). The fourth-order valence-corrected chi connectivity index (χ4v) is 2.05. The maximum atomic E-state index is 12.0. The van der Waals surface area contributed by atoms with Gasteiger partial charge in [-0.05, 0) is 30.5 Å². The minimum atomic E-state index is -0.206. The number of unbranched alkanes of at least 4 members (excludes halogenated alkanes) is 2. The third-order valence-electron chi connectivity index (χ3n) is 3.57. The Bertz CT molecular complexity index is 471. The SMILES string of the molecule is CCCCCc1ccc(NC(=O)N(C)CCC(=O)NC)cc1. The molecule has 1 aromatic rings. The van der Waals surface area contributed by atoms with E-state index in [1.165, 1.54) is 29.7 Å². The van der Waals surface area contributed by atoms with Gasteiger partial charge in [-0.2, -0.15) is 0 Å². The highest BCUT2D eigenvalue weighted by Gasteiger charge is 2.10. The van der Waals surface area contributed by atoms with Crippen molar-refractivity contribution >= 4 is 17.6 Å². The number of hydrogen-bond donors (Lipinski definition) is 2. The molecule has 5 nitrogen and oxygen atoms in total. The zero-order valence-corrected chi connectivity index (χ0v) is 13.8. The van der Waals surface area contributed by atoms with E-state index in [9.17, 15) is 9.59 Å². The van der Waals surface area contributed by atoms with Crippen LogP contribution >= 0.6 is 0 Å². The van der Waals surface area contributed by atoms with Crippen LogP contribution in [0, 0.1) is 0 Å². The highest BCUT2D eigenvalue weighted by atomic mass is 16.2. The Balaban J connectivity index is 2.41. The first-order valence-corrected chi connectivity index (χ1v) is 7.88. The molecule has 0 bridgehead atoms. The minimum absolute atomic E-state index is 0.0731. The normalized spacial score (nSPS) is 10.1. The summed E-state index contributed by atoms with van der Waals surface area (Å²) in [5, 5.41) is 5.37. The van der Waals surface area contributed by atoms with E-state index in [1.54, 1.807) is 14.1 Å². The zero-order chi connectivity index (χ0) is 16.4. The topological polar surface area (TPSA) is 61.4 Å². The van der Waals surface area contributed by atoms with E-state index in [1.807, 2.05) is 12.1 Å². The van der Waals surface area contributed by atoms with Crippen molar-refractivity contribution < 1.29 is 9.59 Å². The first-order valence-electron chi connectivity index (χ1n) is 7.88. The molecule has 3 amide bonds. The molecule has 0 unspecified atom stereocenters. The number of hydrogen-bond acceptors (Lipinski definition) is 2. The van der Waals surface area contributed by atoms with E-state index in [2.05, 4.69) is 29.7 Å². The lowest BCUT2D eigenvalue weighted by atomic mass is 10.1. The predicted molar refractivity (Wildman–Crippen MR) is 90.0 cm³/mol. The van der Waals surface area contributed by atoms with E-state index in [-0.39, 0.29) is 11.9 Å². The largest absolute Gasteiger partial charge is 0.359 e. The van der Waals surface area contributed by atoms with Crippen molar-refractivity contribution in [3.05, 3.63) is 29.8 Å². The van der Waals surface area contributed by atoms with E-state index in [0.717, 1.165) is 12.1 Å². The highest BCUT2D eigenvalue weighted by molar-refractivity contribution is 5.89. The third kappa shape index (κ3) is 6.61. The van der Waals surface area contributed by atoms with Gasteiger partial charge in [0.1, 0.15) is 0 Å². The fraction of sp³-hybridized carbons (Fsp3) is 0.529. The molecule has 0 saturated carbocycles. The van der Waals surface area contributed by atoms with Gasteiger partial charge in [-0.3, -0.25) is 4.79 Å². The predicted octanol–water partition coefficient (Wildman–Crippen LogP) is 3.02. The average molecular weight is 305 g/mol. The van der Waals surface area contributed by atoms with Crippen LogP contribution in [0.15, 0.2) is 24.3 Å². The van der Waals surface area contributed by atoms with Gasteiger partial charge in [0.05, 0.1) is 0 Å². The van der Waals surface area contributed by atoms with Crippen LogP contribution in [-0.2, 0) is 11.2 Å². The quantitative estimate of drug-likeness (QED) is 0.725. The number of rotatable bonds is 8. The van der Waals surface area contributed by atoms with Crippen molar-refractivity contribution in [1.29, 1.82) is 0 Å². The maximum Gasteiger partial charge on any atom is 0.321 e. The van der Waals surface area contributed by atoms with E-state index < -0.39 is 0 Å². The van der Waals surface area contributed by atoms with Crippen LogP contribution in [0.3, 0.4) is 0 Å². The number of amides is 3. The number of urea groups is 1. The van der Waals surface area contributed by atoms with Crippen LogP contribution < -0.4 is 10.6 Å². The summed E-state index contributed by atoms with van der Waals surface area (Å²) in [6.07, 6.45) is 5.04. The number of nitrogens with zero attached hydrogens (tertiary/aromatic N) is 1. The van der Waals surface area contributed by atoms with Gasteiger partial charge in [0, 0.05) is 32.7 Å². The molecule has 0 atom stereocenters. The van der Waals surface area contributed by atoms with Crippen molar-refractivity contribution in [2.75, 3.05) is 26.0 Å². The fourth-order valence-electron chi connectivity index (χ4n) is 2.05. The third-order valence-corrected chi connectivity index (χ3v) is 3.57. The number of nitrogens with one attached hydrogen (secondary N) is 2. The Morgan fingerprint density at radius 1 is 1.14 bits per heavy atom. The summed E-state index contributed by atoms with van der Waals surface area (Å²) in [5.41, 5.74) is 2.07. The minimum Gasteiger partial charge on any atom is -0.359 e. The van der Waals surface area contributed by atoms with Crippen LogP contribution in [0.4, 0.5) is 10.5 Å².